The van der Waals surface area contributed by atoms with Crippen LogP contribution in [0.3, 0.4) is 0 Å². The molecule has 4 nitrogen and oxygen atoms in total. The van der Waals surface area contributed by atoms with E-state index in [2.05, 4.69) is 6.92 Å². The molecule has 0 amide bonds. The van der Waals surface area contributed by atoms with E-state index in [1.165, 1.54) is 12.1 Å². The molecule has 0 aliphatic carbocycles. The number of nitrogen functional groups attached to an aromatic ring is 1. The molecule has 15 heavy (non-hydrogen) atoms. The van der Waals surface area contributed by atoms with Gasteiger partial charge in [-0.05, 0) is 30.5 Å². The maximum atomic E-state index is 11.0. The van der Waals surface area contributed by atoms with Crippen molar-refractivity contribution in [2.24, 2.45) is 0 Å². The Hall–Kier alpha value is -1.07. The highest BCUT2D eigenvalue weighted by molar-refractivity contribution is 7.86. The second-order valence-corrected chi connectivity index (χ2v) is 4.84. The molecular formula is C10H15NO3S. The van der Waals surface area contributed by atoms with Gasteiger partial charge in [0.05, 0.1) is 5.69 Å². The molecule has 5 heteroatoms. The van der Waals surface area contributed by atoms with Crippen LogP contribution in [-0.4, -0.2) is 13.0 Å². The number of rotatable bonds is 4. The van der Waals surface area contributed by atoms with Gasteiger partial charge >= 0.3 is 0 Å². The van der Waals surface area contributed by atoms with Gasteiger partial charge in [0.2, 0.25) is 0 Å². The van der Waals surface area contributed by atoms with E-state index >= 15 is 0 Å². The minimum absolute atomic E-state index is 0.0812. The van der Waals surface area contributed by atoms with Crippen molar-refractivity contribution >= 4 is 15.8 Å². The summed E-state index contributed by atoms with van der Waals surface area (Å²) in [4.78, 5) is -0.198. The van der Waals surface area contributed by atoms with Crippen molar-refractivity contribution in [2.45, 2.75) is 31.1 Å². The molecule has 1 aromatic rings. The average Bonchev–Trinajstić information content (AvgIpc) is 2.15. The Morgan fingerprint density at radius 2 is 2.07 bits per heavy atom. The summed E-state index contributed by atoms with van der Waals surface area (Å²) in [5.74, 6) is 0. The molecule has 0 saturated carbocycles. The lowest BCUT2D eigenvalue weighted by molar-refractivity contribution is 0.483. The molecule has 1 aromatic carbocycles. The number of hydrogen-bond donors (Lipinski definition) is 2. The van der Waals surface area contributed by atoms with E-state index in [0.29, 0.717) is 0 Å². The van der Waals surface area contributed by atoms with Gasteiger partial charge in [-0.1, -0.05) is 19.4 Å². The van der Waals surface area contributed by atoms with Gasteiger partial charge in [0.1, 0.15) is 4.90 Å². The first-order valence-electron chi connectivity index (χ1n) is 4.81. The lowest BCUT2D eigenvalue weighted by Gasteiger charge is -2.05. The molecule has 0 fully saturated rings. The maximum absolute atomic E-state index is 11.0. The van der Waals surface area contributed by atoms with Crippen LogP contribution in [0.2, 0.25) is 0 Å². The molecule has 0 heterocycles. The van der Waals surface area contributed by atoms with Gasteiger partial charge < -0.3 is 5.73 Å². The fourth-order valence-corrected chi connectivity index (χ4v) is 2.00. The molecule has 0 bridgehead atoms. The fraction of sp³-hybridized carbons (Fsp3) is 0.400. The Kier molecular flexibility index (Phi) is 3.71. The number of nitrogens with two attached hydrogens (primary N) is 1. The number of unbranched alkanes of at least 4 members (excludes halogenated alkanes) is 1. The molecular weight excluding hydrogens is 214 g/mol. The Labute approximate surface area is 89.9 Å². The van der Waals surface area contributed by atoms with Gasteiger partial charge in [0.25, 0.3) is 10.1 Å². The Bertz CT molecular complexity index is 440. The molecule has 0 saturated heterocycles. The van der Waals surface area contributed by atoms with Crippen LogP contribution in [0.4, 0.5) is 5.69 Å². The van der Waals surface area contributed by atoms with Crippen LogP contribution in [0.25, 0.3) is 0 Å². The maximum Gasteiger partial charge on any atom is 0.296 e. The second kappa shape index (κ2) is 4.63. The van der Waals surface area contributed by atoms with Crippen molar-refractivity contribution < 1.29 is 13.0 Å². The summed E-state index contributed by atoms with van der Waals surface area (Å²) in [5.41, 5.74) is 6.42. The molecule has 0 atom stereocenters. The SMILES string of the molecule is CCCCc1ccc(N)c(S(=O)(=O)O)c1. The summed E-state index contributed by atoms with van der Waals surface area (Å²) in [6, 6.07) is 4.72. The van der Waals surface area contributed by atoms with E-state index in [9.17, 15) is 8.42 Å². The standard InChI is InChI=1S/C10H15NO3S/c1-2-3-4-8-5-6-9(11)10(7-8)15(12,13)14/h5-7H,2-4,11H2,1H3,(H,12,13,14). The van der Waals surface area contributed by atoms with Gasteiger partial charge in [-0.15, -0.1) is 0 Å². The Morgan fingerprint density at radius 1 is 1.40 bits per heavy atom. The van der Waals surface area contributed by atoms with Crippen LogP contribution >= 0.6 is 0 Å². The van der Waals surface area contributed by atoms with E-state index in [-0.39, 0.29) is 10.6 Å². The minimum Gasteiger partial charge on any atom is -0.398 e. The zero-order chi connectivity index (χ0) is 11.5. The molecule has 0 spiro atoms. The van der Waals surface area contributed by atoms with E-state index in [4.69, 9.17) is 10.3 Å². The normalized spacial score (nSPS) is 11.6. The highest BCUT2D eigenvalue weighted by Gasteiger charge is 2.13. The molecule has 1 rings (SSSR count). The Balaban J connectivity index is 3.06. The number of hydrogen-bond acceptors (Lipinski definition) is 3. The summed E-state index contributed by atoms with van der Waals surface area (Å²) < 4.78 is 30.8. The van der Waals surface area contributed by atoms with Gasteiger partial charge in [-0.25, -0.2) is 0 Å². The average molecular weight is 229 g/mol. The van der Waals surface area contributed by atoms with Crippen molar-refractivity contribution in [3.63, 3.8) is 0 Å². The summed E-state index contributed by atoms with van der Waals surface area (Å²) in [6.45, 7) is 2.06. The number of anilines is 1. The first-order valence-corrected chi connectivity index (χ1v) is 6.25. The van der Waals surface area contributed by atoms with Crippen molar-refractivity contribution in [3.05, 3.63) is 23.8 Å². The lowest BCUT2D eigenvalue weighted by atomic mass is 10.1. The van der Waals surface area contributed by atoms with Crippen LogP contribution in [0.15, 0.2) is 23.1 Å². The predicted octanol–water partition coefficient (Wildman–Crippen LogP) is 1.86. The monoisotopic (exact) mass is 229 g/mol. The summed E-state index contributed by atoms with van der Waals surface area (Å²) in [7, 11) is -4.21. The highest BCUT2D eigenvalue weighted by Crippen LogP contribution is 2.20. The van der Waals surface area contributed by atoms with Crippen molar-refractivity contribution in [3.8, 4) is 0 Å². The van der Waals surface area contributed by atoms with Crippen LogP contribution in [0, 0.1) is 0 Å². The largest absolute Gasteiger partial charge is 0.398 e. The first-order chi connectivity index (χ1) is 6.95. The van der Waals surface area contributed by atoms with E-state index in [0.717, 1.165) is 24.8 Å². The predicted molar refractivity (Wildman–Crippen MR) is 59.3 cm³/mol. The summed E-state index contributed by atoms with van der Waals surface area (Å²) >= 11 is 0. The van der Waals surface area contributed by atoms with E-state index < -0.39 is 10.1 Å². The number of benzene rings is 1. The van der Waals surface area contributed by atoms with Crippen LogP contribution in [-0.2, 0) is 16.5 Å². The molecule has 0 radical (unpaired) electrons. The van der Waals surface area contributed by atoms with Crippen molar-refractivity contribution in [2.75, 3.05) is 5.73 Å². The molecule has 0 aromatic heterocycles. The van der Waals surface area contributed by atoms with Gasteiger partial charge in [0.15, 0.2) is 0 Å². The third-order valence-electron chi connectivity index (χ3n) is 2.17. The molecule has 3 N–H and O–H groups in total. The Morgan fingerprint density at radius 3 is 2.60 bits per heavy atom. The third kappa shape index (κ3) is 3.21. The van der Waals surface area contributed by atoms with Crippen LogP contribution in [0.5, 0.6) is 0 Å². The third-order valence-corrected chi connectivity index (χ3v) is 3.08. The minimum atomic E-state index is -4.21. The van der Waals surface area contributed by atoms with Gasteiger partial charge in [-0.3, -0.25) is 4.55 Å². The molecule has 0 aliphatic heterocycles. The zero-order valence-electron chi connectivity index (χ0n) is 8.60. The van der Waals surface area contributed by atoms with Gasteiger partial charge in [-0.2, -0.15) is 8.42 Å². The lowest BCUT2D eigenvalue weighted by Crippen LogP contribution is -2.04. The van der Waals surface area contributed by atoms with E-state index in [1.807, 2.05) is 0 Å². The molecule has 84 valence electrons. The number of aryl methyl sites for hydroxylation is 1. The molecule has 0 unspecified atom stereocenters. The zero-order valence-corrected chi connectivity index (χ0v) is 9.42. The van der Waals surface area contributed by atoms with Crippen LogP contribution < -0.4 is 5.73 Å². The van der Waals surface area contributed by atoms with Crippen molar-refractivity contribution in [1.82, 2.24) is 0 Å². The van der Waals surface area contributed by atoms with E-state index in [1.54, 1.807) is 6.07 Å². The van der Waals surface area contributed by atoms with Gasteiger partial charge in [0, 0.05) is 0 Å². The first kappa shape index (κ1) is 12.0. The fourth-order valence-electron chi connectivity index (χ4n) is 1.34. The van der Waals surface area contributed by atoms with Crippen LogP contribution in [0.1, 0.15) is 25.3 Å². The van der Waals surface area contributed by atoms with Crippen molar-refractivity contribution in [1.29, 1.82) is 0 Å². The molecule has 0 aliphatic rings. The topological polar surface area (TPSA) is 80.4 Å². The summed E-state index contributed by atoms with van der Waals surface area (Å²) in [6.07, 6.45) is 2.81. The quantitative estimate of drug-likeness (QED) is 0.610. The highest BCUT2D eigenvalue weighted by atomic mass is 32.2. The summed E-state index contributed by atoms with van der Waals surface area (Å²) in [5, 5.41) is 0. The second-order valence-electron chi connectivity index (χ2n) is 3.45. The smallest absolute Gasteiger partial charge is 0.296 e.